The first-order valence-corrected chi connectivity index (χ1v) is 8.95. The summed E-state index contributed by atoms with van der Waals surface area (Å²) in [5, 5.41) is 11.9. The Morgan fingerprint density at radius 1 is 1.07 bits per heavy atom. The van der Waals surface area contributed by atoms with Gasteiger partial charge in [0.05, 0.1) is 12.5 Å². The van der Waals surface area contributed by atoms with E-state index in [0.29, 0.717) is 29.6 Å². The van der Waals surface area contributed by atoms with E-state index in [0.717, 1.165) is 0 Å². The first kappa shape index (κ1) is 21.2. The Balaban J connectivity index is 1.85. The van der Waals surface area contributed by atoms with Crippen molar-refractivity contribution in [3.05, 3.63) is 59.9 Å². The van der Waals surface area contributed by atoms with E-state index >= 15 is 0 Å². The summed E-state index contributed by atoms with van der Waals surface area (Å²) in [6.07, 6.45) is 0. The molecule has 2 N–H and O–H groups in total. The van der Waals surface area contributed by atoms with Gasteiger partial charge >= 0.3 is 5.97 Å². The minimum Gasteiger partial charge on any atom is -0.493 e. The second kappa shape index (κ2) is 10.3. The maximum Gasteiger partial charge on any atom is 0.312 e. The summed E-state index contributed by atoms with van der Waals surface area (Å²) >= 11 is 0. The molecule has 0 heterocycles. The first-order chi connectivity index (χ1) is 13.3. The van der Waals surface area contributed by atoms with Crippen molar-refractivity contribution in [1.82, 2.24) is 5.32 Å². The normalized spacial score (nSPS) is 11.7. The molecule has 0 saturated carbocycles. The number of nitrogens with one attached hydrogen (secondary N) is 1. The lowest BCUT2D eigenvalue weighted by atomic mass is 9.99. The minimum absolute atomic E-state index is 0.124. The van der Waals surface area contributed by atoms with Crippen LogP contribution in [-0.4, -0.2) is 36.7 Å². The van der Waals surface area contributed by atoms with Crippen LogP contribution in [-0.2, 0) is 9.59 Å². The van der Waals surface area contributed by atoms with Gasteiger partial charge in [-0.15, -0.1) is 0 Å². The molecule has 2 rings (SSSR count). The third-order valence-electron chi connectivity index (χ3n) is 3.83. The standard InChI is InChI=1S/C21H24FNO5/c1-14(2)12-27-17-4-3-5-18(10-17)28-13-20(24)23-11-19(21(25)26)15-6-8-16(22)9-7-15/h3-10,14,19H,11-13H2,1-2H3,(H,23,24)(H,25,26). The van der Waals surface area contributed by atoms with Crippen molar-refractivity contribution < 1.29 is 28.6 Å². The van der Waals surface area contributed by atoms with Crippen LogP contribution in [0.5, 0.6) is 11.5 Å². The van der Waals surface area contributed by atoms with Gasteiger partial charge in [0.25, 0.3) is 5.91 Å². The third-order valence-corrected chi connectivity index (χ3v) is 3.83. The number of halogens is 1. The third kappa shape index (κ3) is 6.90. The fourth-order valence-electron chi connectivity index (χ4n) is 2.38. The van der Waals surface area contributed by atoms with Crippen molar-refractivity contribution in [2.24, 2.45) is 5.92 Å². The van der Waals surface area contributed by atoms with E-state index in [1.165, 1.54) is 24.3 Å². The highest BCUT2D eigenvalue weighted by Crippen LogP contribution is 2.20. The molecule has 6 nitrogen and oxygen atoms in total. The molecule has 0 saturated heterocycles. The number of hydrogen-bond acceptors (Lipinski definition) is 4. The number of benzene rings is 2. The van der Waals surface area contributed by atoms with Crippen LogP contribution >= 0.6 is 0 Å². The van der Waals surface area contributed by atoms with Gasteiger partial charge in [0.15, 0.2) is 6.61 Å². The second-order valence-electron chi connectivity index (χ2n) is 6.71. The zero-order valence-corrected chi connectivity index (χ0v) is 15.9. The number of carboxylic acids is 1. The summed E-state index contributed by atoms with van der Waals surface area (Å²) < 4.78 is 24.0. The SMILES string of the molecule is CC(C)COc1cccc(OCC(=O)NCC(C(=O)O)c2ccc(F)cc2)c1. The van der Waals surface area contributed by atoms with Crippen LogP contribution in [0.4, 0.5) is 4.39 Å². The number of hydrogen-bond donors (Lipinski definition) is 2. The number of amides is 1. The van der Waals surface area contributed by atoms with E-state index in [1.807, 2.05) is 13.8 Å². The number of carbonyl (C=O) groups is 2. The van der Waals surface area contributed by atoms with Crippen molar-refractivity contribution in [3.63, 3.8) is 0 Å². The Hall–Kier alpha value is -3.09. The molecule has 0 bridgehead atoms. The molecule has 0 fully saturated rings. The quantitative estimate of drug-likeness (QED) is 0.652. The molecule has 2 aromatic carbocycles. The molecular weight excluding hydrogens is 365 g/mol. The van der Waals surface area contributed by atoms with Gasteiger partial charge in [-0.2, -0.15) is 0 Å². The average molecular weight is 389 g/mol. The van der Waals surface area contributed by atoms with Crippen LogP contribution in [0.2, 0.25) is 0 Å². The smallest absolute Gasteiger partial charge is 0.312 e. The van der Waals surface area contributed by atoms with Gasteiger partial charge in [-0.1, -0.05) is 32.0 Å². The monoisotopic (exact) mass is 389 g/mol. The summed E-state index contributed by atoms with van der Waals surface area (Å²) in [6.45, 7) is 4.27. The highest BCUT2D eigenvalue weighted by molar-refractivity contribution is 5.80. The Morgan fingerprint density at radius 2 is 1.71 bits per heavy atom. The van der Waals surface area contributed by atoms with Crippen molar-refractivity contribution >= 4 is 11.9 Å². The van der Waals surface area contributed by atoms with Gasteiger partial charge in [-0.25, -0.2) is 4.39 Å². The number of rotatable bonds is 10. The number of aliphatic carboxylic acids is 1. The van der Waals surface area contributed by atoms with Gasteiger partial charge < -0.3 is 19.9 Å². The van der Waals surface area contributed by atoms with E-state index < -0.39 is 23.6 Å². The number of ether oxygens (including phenoxy) is 2. The molecule has 0 aromatic heterocycles. The van der Waals surface area contributed by atoms with E-state index in [4.69, 9.17) is 9.47 Å². The summed E-state index contributed by atoms with van der Waals surface area (Å²) in [6, 6.07) is 12.1. The predicted octanol–water partition coefficient (Wildman–Crippen LogP) is 3.22. The van der Waals surface area contributed by atoms with Gasteiger partial charge in [0.1, 0.15) is 17.3 Å². The number of carbonyl (C=O) groups excluding carboxylic acids is 1. The minimum atomic E-state index is -1.11. The van der Waals surface area contributed by atoms with Crippen LogP contribution in [0, 0.1) is 11.7 Å². The van der Waals surface area contributed by atoms with Gasteiger partial charge in [0, 0.05) is 12.6 Å². The topological polar surface area (TPSA) is 84.9 Å². The molecule has 1 amide bonds. The maximum atomic E-state index is 13.0. The Bertz CT molecular complexity index is 792. The van der Waals surface area contributed by atoms with Crippen LogP contribution < -0.4 is 14.8 Å². The molecule has 0 radical (unpaired) electrons. The molecule has 0 aliphatic carbocycles. The molecule has 7 heteroatoms. The summed E-state index contributed by atoms with van der Waals surface area (Å²) in [5.41, 5.74) is 0.408. The lowest BCUT2D eigenvalue weighted by Gasteiger charge is -2.14. The predicted molar refractivity (Wildman–Crippen MR) is 102 cm³/mol. The van der Waals surface area contributed by atoms with Crippen molar-refractivity contribution in [1.29, 1.82) is 0 Å². The first-order valence-electron chi connectivity index (χ1n) is 8.95. The summed E-state index contributed by atoms with van der Waals surface area (Å²) in [7, 11) is 0. The summed E-state index contributed by atoms with van der Waals surface area (Å²) in [4.78, 5) is 23.4. The van der Waals surface area contributed by atoms with Gasteiger partial charge in [0.2, 0.25) is 0 Å². The van der Waals surface area contributed by atoms with Crippen LogP contribution in [0.3, 0.4) is 0 Å². The zero-order chi connectivity index (χ0) is 20.5. The Morgan fingerprint density at radius 3 is 2.32 bits per heavy atom. The van der Waals surface area contributed by atoms with Crippen molar-refractivity contribution in [2.45, 2.75) is 19.8 Å². The van der Waals surface area contributed by atoms with Crippen molar-refractivity contribution in [3.8, 4) is 11.5 Å². The van der Waals surface area contributed by atoms with Gasteiger partial charge in [-0.3, -0.25) is 9.59 Å². The number of carboxylic acid groups (broad SMARTS) is 1. The summed E-state index contributed by atoms with van der Waals surface area (Å²) in [5.74, 6) is -1.48. The average Bonchev–Trinajstić information content (AvgIpc) is 2.66. The van der Waals surface area contributed by atoms with E-state index in [9.17, 15) is 19.1 Å². The molecule has 0 aliphatic heterocycles. The lowest BCUT2D eigenvalue weighted by Crippen LogP contribution is -2.34. The largest absolute Gasteiger partial charge is 0.493 e. The highest BCUT2D eigenvalue weighted by atomic mass is 19.1. The van der Waals surface area contributed by atoms with E-state index in [-0.39, 0.29) is 13.2 Å². The fourth-order valence-corrected chi connectivity index (χ4v) is 2.38. The molecule has 1 unspecified atom stereocenters. The van der Waals surface area contributed by atoms with Crippen molar-refractivity contribution in [2.75, 3.05) is 19.8 Å². The highest BCUT2D eigenvalue weighted by Gasteiger charge is 2.20. The van der Waals surface area contributed by atoms with E-state index in [2.05, 4.69) is 5.32 Å². The Kier molecular flexibility index (Phi) is 7.80. The van der Waals surface area contributed by atoms with Crippen LogP contribution in [0.25, 0.3) is 0 Å². The molecule has 28 heavy (non-hydrogen) atoms. The Labute approximate surface area is 163 Å². The molecule has 0 aliphatic rings. The molecule has 2 aromatic rings. The molecular formula is C21H24FNO5. The van der Waals surface area contributed by atoms with Crippen LogP contribution in [0.15, 0.2) is 48.5 Å². The molecule has 1 atom stereocenters. The fraction of sp³-hybridized carbons (Fsp3) is 0.333. The van der Waals surface area contributed by atoms with Gasteiger partial charge in [-0.05, 0) is 35.7 Å². The molecule has 150 valence electrons. The maximum absolute atomic E-state index is 13.0. The lowest BCUT2D eigenvalue weighted by molar-refractivity contribution is -0.138. The van der Waals surface area contributed by atoms with Crippen LogP contribution in [0.1, 0.15) is 25.3 Å². The second-order valence-corrected chi connectivity index (χ2v) is 6.71. The molecule has 0 spiro atoms. The zero-order valence-electron chi connectivity index (χ0n) is 15.9. The van der Waals surface area contributed by atoms with E-state index in [1.54, 1.807) is 24.3 Å².